The van der Waals surface area contributed by atoms with Gasteiger partial charge in [-0.25, -0.2) is 8.42 Å². The average Bonchev–Trinajstić information content (AvgIpc) is 3.11. The minimum Gasteiger partial charge on any atom is -0.481 e. The lowest BCUT2D eigenvalue weighted by Gasteiger charge is -2.18. The molecule has 3 aromatic rings. The summed E-state index contributed by atoms with van der Waals surface area (Å²) < 4.78 is 24.9. The van der Waals surface area contributed by atoms with Crippen molar-refractivity contribution in [2.45, 2.75) is 6.42 Å². The van der Waals surface area contributed by atoms with E-state index in [0.29, 0.717) is 50.0 Å². The zero-order chi connectivity index (χ0) is 25.3. The zero-order valence-electron chi connectivity index (χ0n) is 18.9. The van der Waals surface area contributed by atoms with Gasteiger partial charge >= 0.3 is 5.97 Å². The Hall–Kier alpha value is -3.82. The van der Waals surface area contributed by atoms with Gasteiger partial charge in [0.1, 0.15) is 0 Å². The summed E-state index contributed by atoms with van der Waals surface area (Å²) in [7, 11) is -1.95. The van der Waals surface area contributed by atoms with Gasteiger partial charge in [0.05, 0.1) is 35.3 Å². The number of rotatable bonds is 7. The second-order valence-corrected chi connectivity index (χ2v) is 10.5. The Morgan fingerprint density at radius 3 is 2.46 bits per heavy atom. The van der Waals surface area contributed by atoms with Gasteiger partial charge < -0.3 is 15.7 Å². The molecule has 0 atom stereocenters. The first-order chi connectivity index (χ1) is 16.5. The molecule has 8 nitrogen and oxygen atoms in total. The summed E-state index contributed by atoms with van der Waals surface area (Å²) in [5, 5.41) is 15.8. The Labute approximate surface area is 207 Å². The number of sulfonamides is 1. The molecule has 0 fully saturated rings. The number of benzene rings is 3. The van der Waals surface area contributed by atoms with Crippen molar-refractivity contribution in [1.29, 1.82) is 0 Å². The Kier molecular flexibility index (Phi) is 6.56. The topological polar surface area (TPSA) is 116 Å². The van der Waals surface area contributed by atoms with Crippen LogP contribution in [0.2, 0.25) is 5.02 Å². The number of carboxylic acid groups (broad SMARTS) is 1. The van der Waals surface area contributed by atoms with E-state index < -0.39 is 16.0 Å². The second kappa shape index (κ2) is 9.44. The molecule has 0 saturated carbocycles. The van der Waals surface area contributed by atoms with E-state index in [0.717, 1.165) is 10.6 Å². The number of nitrogens with one attached hydrogen (secondary N) is 2. The Morgan fingerprint density at radius 2 is 1.80 bits per heavy atom. The number of carboxylic acids is 1. The molecular weight excluding hydrogens is 490 g/mol. The van der Waals surface area contributed by atoms with Crippen molar-refractivity contribution in [3.05, 3.63) is 88.4 Å². The van der Waals surface area contributed by atoms with Crippen molar-refractivity contribution in [2.24, 2.45) is 0 Å². The number of anilines is 3. The minimum absolute atomic E-state index is 0.165. The van der Waals surface area contributed by atoms with Gasteiger partial charge in [-0.15, -0.1) is 0 Å². The molecule has 0 radical (unpaired) electrons. The van der Waals surface area contributed by atoms with Crippen LogP contribution in [0, 0.1) is 0 Å². The lowest BCUT2D eigenvalue weighted by Crippen LogP contribution is -2.24. The number of nitrogens with zero attached hydrogens (tertiary/aromatic N) is 1. The van der Waals surface area contributed by atoms with E-state index in [4.69, 9.17) is 11.6 Å². The molecule has 3 N–H and O–H groups in total. The monoisotopic (exact) mass is 511 g/mol. The number of amides is 1. The van der Waals surface area contributed by atoms with Gasteiger partial charge in [0.2, 0.25) is 10.0 Å². The van der Waals surface area contributed by atoms with Crippen molar-refractivity contribution in [3.63, 3.8) is 0 Å². The van der Waals surface area contributed by atoms with Crippen molar-refractivity contribution in [3.8, 4) is 0 Å². The SMILES string of the molecule is CN(c1ccc(N/C(=C2\C(=O)Nc3cc(Cl)ccc32)c2cccc(CC(=O)O)c2)cc1)S(C)(=O)=O. The average molecular weight is 512 g/mol. The lowest BCUT2D eigenvalue weighted by molar-refractivity contribution is -0.136. The third kappa shape index (κ3) is 5.31. The molecule has 10 heteroatoms. The maximum absolute atomic E-state index is 13.0. The Bertz CT molecular complexity index is 1470. The molecule has 0 bridgehead atoms. The molecule has 0 spiro atoms. The number of halogens is 1. The standard InChI is InChI=1S/C25H22ClN3O5S/c1-29(35(2,33)34)19-9-7-18(8-10-19)27-24(16-5-3-4-15(12-16)13-22(30)31)23-20-11-6-17(26)14-21(20)28-25(23)32/h3-12,14,27H,13H2,1-2H3,(H,28,32)(H,30,31)/b24-23-. The first kappa shape index (κ1) is 24.3. The van der Waals surface area contributed by atoms with E-state index in [9.17, 15) is 23.1 Å². The second-order valence-electron chi connectivity index (χ2n) is 8.07. The van der Waals surface area contributed by atoms with Crippen LogP contribution in [-0.4, -0.2) is 38.7 Å². The normalized spacial score (nSPS) is 14.2. The molecule has 0 aliphatic carbocycles. The molecule has 0 saturated heterocycles. The van der Waals surface area contributed by atoms with Crippen LogP contribution < -0.4 is 14.9 Å². The largest absolute Gasteiger partial charge is 0.481 e. The quantitative estimate of drug-likeness (QED) is 0.407. The highest BCUT2D eigenvalue weighted by atomic mass is 35.5. The Morgan fingerprint density at radius 1 is 1.09 bits per heavy atom. The summed E-state index contributed by atoms with van der Waals surface area (Å²) in [6, 6.07) is 18.7. The number of hydrogen-bond acceptors (Lipinski definition) is 5. The van der Waals surface area contributed by atoms with Crippen LogP contribution in [0.25, 0.3) is 11.3 Å². The number of carbonyl (C=O) groups is 2. The predicted octanol–water partition coefficient (Wildman–Crippen LogP) is 4.30. The molecule has 180 valence electrons. The molecule has 1 aliphatic rings. The van der Waals surface area contributed by atoms with Gasteiger partial charge in [0, 0.05) is 23.3 Å². The van der Waals surface area contributed by atoms with E-state index in [1.807, 2.05) is 0 Å². The van der Waals surface area contributed by atoms with Crippen LogP contribution in [0.5, 0.6) is 0 Å². The number of hydrogen-bond donors (Lipinski definition) is 3. The summed E-state index contributed by atoms with van der Waals surface area (Å²) in [5.41, 5.74) is 4.36. The van der Waals surface area contributed by atoms with Crippen LogP contribution in [-0.2, 0) is 26.0 Å². The first-order valence-corrected chi connectivity index (χ1v) is 12.7. The van der Waals surface area contributed by atoms with E-state index in [-0.39, 0.29) is 12.3 Å². The highest BCUT2D eigenvalue weighted by Crippen LogP contribution is 2.39. The van der Waals surface area contributed by atoms with Gasteiger partial charge in [-0.3, -0.25) is 13.9 Å². The van der Waals surface area contributed by atoms with Crippen molar-refractivity contribution >= 4 is 61.8 Å². The third-order valence-corrected chi connectivity index (χ3v) is 6.99. The Balaban J connectivity index is 1.82. The third-order valence-electron chi connectivity index (χ3n) is 5.54. The molecule has 35 heavy (non-hydrogen) atoms. The summed E-state index contributed by atoms with van der Waals surface area (Å²) in [5.74, 6) is -1.30. The smallest absolute Gasteiger partial charge is 0.307 e. The molecule has 0 unspecified atom stereocenters. The molecular formula is C25H22ClN3O5S. The van der Waals surface area contributed by atoms with Crippen molar-refractivity contribution < 1.29 is 23.1 Å². The molecule has 3 aromatic carbocycles. The van der Waals surface area contributed by atoms with E-state index in [1.54, 1.807) is 66.7 Å². The van der Waals surface area contributed by atoms with E-state index >= 15 is 0 Å². The molecule has 0 aromatic heterocycles. The lowest BCUT2D eigenvalue weighted by atomic mass is 9.98. The molecule has 1 heterocycles. The summed E-state index contributed by atoms with van der Waals surface area (Å²) >= 11 is 6.10. The summed E-state index contributed by atoms with van der Waals surface area (Å²) in [6.45, 7) is 0. The van der Waals surface area contributed by atoms with Crippen LogP contribution in [0.3, 0.4) is 0 Å². The zero-order valence-corrected chi connectivity index (χ0v) is 20.4. The molecule has 4 rings (SSSR count). The highest BCUT2D eigenvalue weighted by Gasteiger charge is 2.29. The summed E-state index contributed by atoms with van der Waals surface area (Å²) in [4.78, 5) is 24.3. The van der Waals surface area contributed by atoms with E-state index in [1.165, 1.54) is 7.05 Å². The highest BCUT2D eigenvalue weighted by molar-refractivity contribution is 7.92. The number of carbonyl (C=O) groups excluding carboxylic acids is 1. The minimum atomic E-state index is -3.41. The van der Waals surface area contributed by atoms with E-state index in [2.05, 4.69) is 10.6 Å². The first-order valence-electron chi connectivity index (χ1n) is 10.5. The van der Waals surface area contributed by atoms with Crippen molar-refractivity contribution in [2.75, 3.05) is 28.2 Å². The van der Waals surface area contributed by atoms with Crippen molar-refractivity contribution in [1.82, 2.24) is 0 Å². The van der Waals surface area contributed by atoms with Gasteiger partial charge in [-0.1, -0.05) is 35.9 Å². The summed E-state index contributed by atoms with van der Waals surface area (Å²) in [6.07, 6.45) is 0.954. The molecule has 1 amide bonds. The van der Waals surface area contributed by atoms with Gasteiger partial charge in [0.25, 0.3) is 5.91 Å². The number of aliphatic carboxylic acids is 1. The van der Waals surface area contributed by atoms with Crippen LogP contribution >= 0.6 is 11.6 Å². The number of fused-ring (bicyclic) bond motifs is 1. The fraction of sp³-hybridized carbons (Fsp3) is 0.120. The van der Waals surface area contributed by atoms with Gasteiger partial charge in [0.15, 0.2) is 0 Å². The molecule has 1 aliphatic heterocycles. The van der Waals surface area contributed by atoms with Crippen LogP contribution in [0.1, 0.15) is 16.7 Å². The maximum Gasteiger partial charge on any atom is 0.307 e. The fourth-order valence-electron chi connectivity index (χ4n) is 3.77. The van der Waals surface area contributed by atoms with Gasteiger partial charge in [-0.2, -0.15) is 0 Å². The predicted molar refractivity (Wildman–Crippen MR) is 138 cm³/mol. The fourth-order valence-corrected chi connectivity index (χ4v) is 4.45. The van der Waals surface area contributed by atoms with Crippen LogP contribution in [0.4, 0.5) is 17.1 Å². The van der Waals surface area contributed by atoms with Crippen LogP contribution in [0.15, 0.2) is 66.7 Å². The van der Waals surface area contributed by atoms with Gasteiger partial charge in [-0.05, 0) is 53.6 Å². The maximum atomic E-state index is 13.0.